The minimum Gasteiger partial charge on any atom is -0.329 e. The fourth-order valence-electron chi connectivity index (χ4n) is 1.63. The van der Waals surface area contributed by atoms with Gasteiger partial charge in [0.2, 0.25) is 5.82 Å². The molecular weight excluding hydrogens is 315 g/mol. The van der Waals surface area contributed by atoms with Crippen molar-refractivity contribution in [2.24, 2.45) is 0 Å². The fourth-order valence-corrected chi connectivity index (χ4v) is 2.46. The van der Waals surface area contributed by atoms with Crippen LogP contribution in [0.15, 0.2) is 57.0 Å². The first-order chi connectivity index (χ1) is 10.5. The van der Waals surface area contributed by atoms with E-state index in [1.54, 1.807) is 30.6 Å². The maximum atomic E-state index is 12.5. The second-order valence-corrected chi connectivity index (χ2v) is 5.26. The van der Waals surface area contributed by atoms with Gasteiger partial charge in [-0.3, -0.25) is 4.98 Å². The number of benzene rings is 1. The molecule has 0 spiro atoms. The third kappa shape index (κ3) is 3.28. The summed E-state index contributed by atoms with van der Waals surface area (Å²) in [7, 11) is 0. The molecule has 2 heterocycles. The standard InChI is InChI=1S/C14H7F3N3OS/c15-14(16,17)13-19-12(20-21-13)9-2-1-3-11(8-9)22-10-4-6-18-7-5-10/h1-2,4-8H. The number of aromatic nitrogens is 3. The molecule has 0 bridgehead atoms. The number of rotatable bonds is 3. The van der Waals surface area contributed by atoms with Gasteiger partial charge in [-0.15, -0.1) is 0 Å². The van der Waals surface area contributed by atoms with Crippen LogP contribution in [0.1, 0.15) is 5.89 Å². The second kappa shape index (κ2) is 5.80. The van der Waals surface area contributed by atoms with Gasteiger partial charge in [0, 0.05) is 27.7 Å². The van der Waals surface area contributed by atoms with Gasteiger partial charge in [0.1, 0.15) is 0 Å². The summed E-state index contributed by atoms with van der Waals surface area (Å²) in [6.45, 7) is 0. The van der Waals surface area contributed by atoms with E-state index in [2.05, 4.69) is 25.7 Å². The van der Waals surface area contributed by atoms with Crippen molar-refractivity contribution in [2.75, 3.05) is 0 Å². The summed E-state index contributed by atoms with van der Waals surface area (Å²) in [4.78, 5) is 8.94. The molecule has 0 unspecified atom stereocenters. The molecule has 0 atom stereocenters. The zero-order chi connectivity index (χ0) is 15.6. The van der Waals surface area contributed by atoms with E-state index < -0.39 is 12.1 Å². The van der Waals surface area contributed by atoms with Crippen molar-refractivity contribution >= 4 is 11.8 Å². The zero-order valence-electron chi connectivity index (χ0n) is 10.8. The summed E-state index contributed by atoms with van der Waals surface area (Å²) >= 11 is 1.40. The van der Waals surface area contributed by atoms with Crippen LogP contribution >= 0.6 is 11.8 Å². The van der Waals surface area contributed by atoms with Crippen LogP contribution in [0.25, 0.3) is 11.4 Å². The summed E-state index contributed by atoms with van der Waals surface area (Å²) in [6, 6.07) is 11.5. The summed E-state index contributed by atoms with van der Waals surface area (Å²) in [6.07, 6.45) is -1.34. The summed E-state index contributed by atoms with van der Waals surface area (Å²) in [5.41, 5.74) is 0.426. The lowest BCUT2D eigenvalue weighted by Gasteiger charge is -2.02. The summed E-state index contributed by atoms with van der Waals surface area (Å²) < 4.78 is 41.6. The Morgan fingerprint density at radius 1 is 1.14 bits per heavy atom. The first-order valence-corrected chi connectivity index (χ1v) is 6.85. The number of halogens is 3. The maximum Gasteiger partial charge on any atom is 0.471 e. The van der Waals surface area contributed by atoms with Crippen molar-refractivity contribution in [3.05, 3.63) is 54.7 Å². The molecule has 1 radical (unpaired) electrons. The highest BCUT2D eigenvalue weighted by molar-refractivity contribution is 7.99. The molecule has 0 aliphatic heterocycles. The third-order valence-corrected chi connectivity index (χ3v) is 3.54. The number of hydrogen-bond donors (Lipinski definition) is 0. The van der Waals surface area contributed by atoms with Crippen molar-refractivity contribution in [1.29, 1.82) is 0 Å². The molecule has 0 fully saturated rings. The highest BCUT2D eigenvalue weighted by Gasteiger charge is 2.38. The summed E-state index contributed by atoms with van der Waals surface area (Å²) in [5.74, 6) is -1.48. The highest BCUT2D eigenvalue weighted by Crippen LogP contribution is 2.32. The van der Waals surface area contributed by atoms with Gasteiger partial charge < -0.3 is 4.52 Å². The van der Waals surface area contributed by atoms with Gasteiger partial charge >= 0.3 is 12.1 Å². The van der Waals surface area contributed by atoms with Crippen LogP contribution in [0.5, 0.6) is 0 Å². The predicted octanol–water partition coefficient (Wildman–Crippen LogP) is 4.10. The van der Waals surface area contributed by atoms with Gasteiger partial charge in [0.25, 0.3) is 0 Å². The molecule has 22 heavy (non-hydrogen) atoms. The van der Waals surface area contributed by atoms with Crippen LogP contribution in [0.3, 0.4) is 0 Å². The number of nitrogens with zero attached hydrogens (tertiary/aromatic N) is 3. The molecule has 0 N–H and O–H groups in total. The Morgan fingerprint density at radius 2 is 1.91 bits per heavy atom. The monoisotopic (exact) mass is 322 g/mol. The van der Waals surface area contributed by atoms with Crippen molar-refractivity contribution in [1.82, 2.24) is 15.1 Å². The van der Waals surface area contributed by atoms with Crippen molar-refractivity contribution in [2.45, 2.75) is 16.0 Å². The number of alkyl halides is 3. The normalized spacial score (nSPS) is 11.6. The molecule has 111 valence electrons. The van der Waals surface area contributed by atoms with E-state index in [9.17, 15) is 13.2 Å². The van der Waals surface area contributed by atoms with E-state index in [0.717, 1.165) is 9.79 Å². The Kier molecular flexibility index (Phi) is 3.84. The summed E-state index contributed by atoms with van der Waals surface area (Å²) in [5, 5.41) is 3.36. The minimum atomic E-state index is -4.65. The lowest BCUT2D eigenvalue weighted by Crippen LogP contribution is -2.04. The molecule has 1 aromatic carbocycles. The van der Waals surface area contributed by atoms with Gasteiger partial charge in [-0.1, -0.05) is 29.1 Å². The molecule has 4 nitrogen and oxygen atoms in total. The second-order valence-electron chi connectivity index (χ2n) is 4.15. The molecule has 0 aliphatic rings. The Labute approximate surface area is 127 Å². The van der Waals surface area contributed by atoms with Crippen molar-refractivity contribution in [3.63, 3.8) is 0 Å². The average Bonchev–Trinajstić information content (AvgIpc) is 2.99. The van der Waals surface area contributed by atoms with E-state index in [4.69, 9.17) is 0 Å². The lowest BCUT2D eigenvalue weighted by molar-refractivity contribution is -0.159. The smallest absolute Gasteiger partial charge is 0.329 e. The van der Waals surface area contributed by atoms with Gasteiger partial charge in [0.15, 0.2) is 0 Å². The molecule has 0 saturated heterocycles. The maximum absolute atomic E-state index is 12.5. The largest absolute Gasteiger partial charge is 0.471 e. The molecular formula is C14H7F3N3OS. The lowest BCUT2D eigenvalue weighted by atomic mass is 10.2. The van der Waals surface area contributed by atoms with Gasteiger partial charge in [-0.2, -0.15) is 18.2 Å². The Bertz CT molecular complexity index is 774. The molecule has 3 aromatic rings. The van der Waals surface area contributed by atoms with E-state index in [0.29, 0.717) is 5.56 Å². The third-order valence-electron chi connectivity index (χ3n) is 2.58. The van der Waals surface area contributed by atoms with E-state index in [1.807, 2.05) is 12.1 Å². The number of pyridine rings is 1. The Morgan fingerprint density at radius 3 is 2.59 bits per heavy atom. The minimum absolute atomic E-state index is 0.113. The first-order valence-electron chi connectivity index (χ1n) is 6.03. The Balaban J connectivity index is 1.86. The van der Waals surface area contributed by atoms with Crippen molar-refractivity contribution < 1.29 is 17.7 Å². The SMILES string of the molecule is FC(F)(F)c1nc(-c2cc[c]c(Sc3ccncc3)c2)no1. The van der Waals surface area contributed by atoms with Crippen LogP contribution in [0, 0.1) is 6.07 Å². The van der Waals surface area contributed by atoms with E-state index in [-0.39, 0.29) is 5.82 Å². The zero-order valence-corrected chi connectivity index (χ0v) is 11.6. The Hall–Kier alpha value is -2.35. The van der Waals surface area contributed by atoms with Crippen LogP contribution in [0.2, 0.25) is 0 Å². The molecule has 0 aliphatic carbocycles. The number of hydrogen-bond acceptors (Lipinski definition) is 5. The quantitative estimate of drug-likeness (QED) is 0.726. The van der Waals surface area contributed by atoms with Crippen LogP contribution in [-0.4, -0.2) is 15.1 Å². The predicted molar refractivity (Wildman–Crippen MR) is 71.9 cm³/mol. The van der Waals surface area contributed by atoms with Crippen LogP contribution < -0.4 is 0 Å². The highest BCUT2D eigenvalue weighted by atomic mass is 32.2. The molecule has 3 rings (SSSR count). The van der Waals surface area contributed by atoms with Gasteiger partial charge in [-0.05, 0) is 24.3 Å². The van der Waals surface area contributed by atoms with E-state index >= 15 is 0 Å². The van der Waals surface area contributed by atoms with E-state index in [1.165, 1.54) is 11.8 Å². The van der Waals surface area contributed by atoms with Gasteiger partial charge in [0.05, 0.1) is 0 Å². The van der Waals surface area contributed by atoms with Crippen LogP contribution in [0.4, 0.5) is 13.2 Å². The van der Waals surface area contributed by atoms with Crippen molar-refractivity contribution in [3.8, 4) is 11.4 Å². The van der Waals surface area contributed by atoms with Gasteiger partial charge in [-0.25, -0.2) is 0 Å². The molecule has 0 saturated carbocycles. The topological polar surface area (TPSA) is 51.8 Å². The van der Waals surface area contributed by atoms with Crippen LogP contribution in [-0.2, 0) is 6.18 Å². The molecule has 2 aromatic heterocycles. The fraction of sp³-hybridized carbons (Fsp3) is 0.0714. The molecule has 8 heteroatoms. The molecule has 0 amide bonds. The first kappa shape index (κ1) is 14.6. The average molecular weight is 322 g/mol.